The molecule has 168 valence electrons. The molecule has 32 heavy (non-hydrogen) atoms. The van der Waals surface area contributed by atoms with Crippen molar-refractivity contribution in [2.45, 2.75) is 20.4 Å². The van der Waals surface area contributed by atoms with E-state index in [-0.39, 0.29) is 40.0 Å². The van der Waals surface area contributed by atoms with E-state index in [4.69, 9.17) is 21.1 Å². The Morgan fingerprint density at radius 1 is 1.16 bits per heavy atom. The number of imide groups is 1. The lowest BCUT2D eigenvalue weighted by Gasteiger charge is -2.14. The molecule has 2 aromatic rings. The van der Waals surface area contributed by atoms with E-state index in [1.54, 1.807) is 25.1 Å². The number of rotatable bonds is 8. The number of hydrogen-bond donors (Lipinski definition) is 0. The third kappa shape index (κ3) is 5.63. The van der Waals surface area contributed by atoms with E-state index >= 15 is 0 Å². The number of carbonyl (C=O) groups excluding carboxylic acids is 3. The highest BCUT2D eigenvalue weighted by molar-refractivity contribution is 8.18. The van der Waals surface area contributed by atoms with Gasteiger partial charge in [0, 0.05) is 0 Å². The summed E-state index contributed by atoms with van der Waals surface area (Å²) in [5.41, 5.74) is 2.53. The smallest absolute Gasteiger partial charge is 0.343 e. The number of benzene rings is 2. The average molecular weight is 476 g/mol. The van der Waals surface area contributed by atoms with Crippen LogP contribution in [0, 0.1) is 6.92 Å². The van der Waals surface area contributed by atoms with Crippen LogP contribution in [0.5, 0.6) is 11.5 Å². The SMILES string of the molecule is CCOc1cc(/C=C2\SC(=O)N(Cc3ccc(C)cc3)C2=O)cc(Cl)c1OCC(=O)OC. The van der Waals surface area contributed by atoms with Crippen LogP contribution in [0.4, 0.5) is 4.79 Å². The van der Waals surface area contributed by atoms with Gasteiger partial charge in [0.1, 0.15) is 0 Å². The first-order valence-corrected chi connectivity index (χ1v) is 11.0. The highest BCUT2D eigenvalue weighted by atomic mass is 35.5. The molecule has 7 nitrogen and oxygen atoms in total. The molecule has 1 heterocycles. The number of halogens is 1. The summed E-state index contributed by atoms with van der Waals surface area (Å²) in [7, 11) is 1.26. The molecule has 9 heteroatoms. The number of methoxy groups -OCH3 is 1. The van der Waals surface area contributed by atoms with Gasteiger partial charge in [-0.1, -0.05) is 41.4 Å². The predicted molar refractivity (Wildman–Crippen MR) is 123 cm³/mol. The molecule has 2 aromatic carbocycles. The number of thioether (sulfide) groups is 1. The lowest BCUT2D eigenvalue weighted by atomic mass is 10.1. The lowest BCUT2D eigenvalue weighted by Crippen LogP contribution is -2.27. The maximum absolute atomic E-state index is 12.8. The van der Waals surface area contributed by atoms with Crippen molar-refractivity contribution in [2.24, 2.45) is 0 Å². The minimum absolute atomic E-state index is 0.198. The Balaban J connectivity index is 1.83. The van der Waals surface area contributed by atoms with Crippen molar-refractivity contribution in [3.05, 3.63) is 63.0 Å². The van der Waals surface area contributed by atoms with Crippen molar-refractivity contribution >= 4 is 46.6 Å². The summed E-state index contributed by atoms with van der Waals surface area (Å²) in [4.78, 5) is 38.2. The van der Waals surface area contributed by atoms with Crippen LogP contribution < -0.4 is 9.47 Å². The van der Waals surface area contributed by atoms with Gasteiger partial charge in [-0.2, -0.15) is 0 Å². The van der Waals surface area contributed by atoms with Gasteiger partial charge >= 0.3 is 5.97 Å². The van der Waals surface area contributed by atoms with Gasteiger partial charge in [-0.05, 0) is 54.9 Å². The molecule has 1 fully saturated rings. The van der Waals surface area contributed by atoms with Gasteiger partial charge in [0.05, 0.1) is 30.2 Å². The minimum Gasteiger partial charge on any atom is -0.490 e. The summed E-state index contributed by atoms with van der Waals surface area (Å²) in [6.45, 7) is 3.98. The molecule has 2 amide bonds. The van der Waals surface area contributed by atoms with Gasteiger partial charge in [-0.25, -0.2) is 4.79 Å². The fourth-order valence-corrected chi connectivity index (χ4v) is 4.04. The number of nitrogens with zero attached hydrogens (tertiary/aromatic N) is 1. The second-order valence-electron chi connectivity index (χ2n) is 6.88. The fourth-order valence-electron chi connectivity index (χ4n) is 2.93. The molecular formula is C23H22ClNO6S. The number of esters is 1. The molecule has 0 bridgehead atoms. The van der Waals surface area contributed by atoms with E-state index in [9.17, 15) is 14.4 Å². The largest absolute Gasteiger partial charge is 0.490 e. The van der Waals surface area contributed by atoms with Crippen molar-refractivity contribution in [1.29, 1.82) is 0 Å². The Labute approximate surface area is 195 Å². The summed E-state index contributed by atoms with van der Waals surface area (Å²) in [5.74, 6) is -0.423. The summed E-state index contributed by atoms with van der Waals surface area (Å²) < 4.78 is 15.6. The second-order valence-corrected chi connectivity index (χ2v) is 8.28. The van der Waals surface area contributed by atoms with Gasteiger partial charge in [0.15, 0.2) is 18.1 Å². The number of amides is 2. The first-order chi connectivity index (χ1) is 15.3. The van der Waals surface area contributed by atoms with Crippen molar-refractivity contribution in [1.82, 2.24) is 4.90 Å². The van der Waals surface area contributed by atoms with Crippen LogP contribution in [0.2, 0.25) is 5.02 Å². The van der Waals surface area contributed by atoms with Crippen LogP contribution >= 0.6 is 23.4 Å². The van der Waals surface area contributed by atoms with E-state index in [1.807, 2.05) is 31.2 Å². The van der Waals surface area contributed by atoms with Crippen LogP contribution in [-0.4, -0.2) is 42.3 Å². The highest BCUT2D eigenvalue weighted by Gasteiger charge is 2.35. The third-order valence-corrected chi connectivity index (χ3v) is 5.71. The van der Waals surface area contributed by atoms with Crippen molar-refractivity contribution in [2.75, 3.05) is 20.3 Å². The van der Waals surface area contributed by atoms with Gasteiger partial charge < -0.3 is 14.2 Å². The van der Waals surface area contributed by atoms with E-state index in [0.717, 1.165) is 22.9 Å². The summed E-state index contributed by atoms with van der Waals surface area (Å²) in [5, 5.41) is -0.138. The number of carbonyl (C=O) groups is 3. The zero-order valence-electron chi connectivity index (χ0n) is 17.8. The summed E-state index contributed by atoms with van der Waals surface area (Å²) >= 11 is 7.21. The maximum Gasteiger partial charge on any atom is 0.343 e. The third-order valence-electron chi connectivity index (χ3n) is 4.53. The Morgan fingerprint density at radius 2 is 1.88 bits per heavy atom. The lowest BCUT2D eigenvalue weighted by molar-refractivity contribution is -0.142. The molecule has 0 aromatic heterocycles. The van der Waals surface area contributed by atoms with Gasteiger partial charge in [0.2, 0.25) is 0 Å². The van der Waals surface area contributed by atoms with Crippen LogP contribution in [-0.2, 0) is 20.9 Å². The molecule has 1 saturated heterocycles. The molecule has 0 spiro atoms. The van der Waals surface area contributed by atoms with Gasteiger partial charge in [-0.3, -0.25) is 14.5 Å². The van der Waals surface area contributed by atoms with Crippen molar-refractivity contribution < 1.29 is 28.6 Å². The molecule has 0 unspecified atom stereocenters. The van der Waals surface area contributed by atoms with Crippen molar-refractivity contribution in [3.8, 4) is 11.5 Å². The van der Waals surface area contributed by atoms with Crippen molar-refractivity contribution in [3.63, 3.8) is 0 Å². The highest BCUT2D eigenvalue weighted by Crippen LogP contribution is 2.39. The molecule has 0 N–H and O–H groups in total. The van der Waals surface area contributed by atoms with E-state index in [1.165, 1.54) is 12.0 Å². The Bertz CT molecular complexity index is 1070. The normalized spacial score (nSPS) is 14.8. The number of hydrogen-bond acceptors (Lipinski definition) is 7. The van der Waals surface area contributed by atoms with Crippen LogP contribution in [0.25, 0.3) is 6.08 Å². The second kappa shape index (κ2) is 10.6. The van der Waals surface area contributed by atoms with Crippen LogP contribution in [0.1, 0.15) is 23.6 Å². The molecule has 3 rings (SSSR count). The molecule has 0 atom stereocenters. The Kier molecular flexibility index (Phi) is 7.82. The van der Waals surface area contributed by atoms with Gasteiger partial charge in [-0.15, -0.1) is 0 Å². The molecular weight excluding hydrogens is 454 g/mol. The first kappa shape index (κ1) is 23.7. The average Bonchev–Trinajstić information content (AvgIpc) is 3.02. The summed E-state index contributed by atoms with van der Waals surface area (Å²) in [6.07, 6.45) is 1.58. The predicted octanol–water partition coefficient (Wildman–Crippen LogP) is 4.84. The fraction of sp³-hybridized carbons (Fsp3) is 0.261. The standard InChI is InChI=1S/C23H22ClNO6S/c1-4-30-18-10-16(9-17(24)21(18)31-13-20(26)29-3)11-19-22(27)25(23(28)32-19)12-15-7-5-14(2)6-8-15/h5-11H,4,12-13H2,1-3H3/b19-11-. The zero-order chi connectivity index (χ0) is 23.3. The summed E-state index contributed by atoms with van der Waals surface area (Å²) in [6, 6.07) is 10.9. The quantitative estimate of drug-likeness (QED) is 0.399. The first-order valence-electron chi connectivity index (χ1n) is 9.79. The Hall–Kier alpha value is -2.97. The zero-order valence-corrected chi connectivity index (χ0v) is 19.4. The molecule has 0 radical (unpaired) electrons. The van der Waals surface area contributed by atoms with Crippen LogP contribution in [0.15, 0.2) is 41.3 Å². The van der Waals surface area contributed by atoms with E-state index in [0.29, 0.717) is 17.9 Å². The van der Waals surface area contributed by atoms with E-state index < -0.39 is 5.97 Å². The van der Waals surface area contributed by atoms with Gasteiger partial charge in [0.25, 0.3) is 11.1 Å². The topological polar surface area (TPSA) is 82.1 Å². The maximum atomic E-state index is 12.8. The van der Waals surface area contributed by atoms with E-state index in [2.05, 4.69) is 4.74 Å². The molecule has 1 aliphatic rings. The molecule has 1 aliphatic heterocycles. The Morgan fingerprint density at radius 3 is 2.53 bits per heavy atom. The number of ether oxygens (including phenoxy) is 3. The molecule has 0 aliphatic carbocycles. The van der Waals surface area contributed by atoms with Crippen LogP contribution in [0.3, 0.4) is 0 Å². The minimum atomic E-state index is -0.560. The number of aryl methyl sites for hydroxylation is 1. The molecule has 0 saturated carbocycles. The monoisotopic (exact) mass is 475 g/mol.